The van der Waals surface area contributed by atoms with Gasteiger partial charge >= 0.3 is 0 Å². The summed E-state index contributed by atoms with van der Waals surface area (Å²) in [5.74, 6) is 0. The number of fused-ring (bicyclic) bond motifs is 28. The monoisotopic (exact) mass is 1190 g/mol. The Bertz CT molecular complexity index is 5950. The van der Waals surface area contributed by atoms with Crippen molar-refractivity contribution in [2.24, 2.45) is 0 Å². The molecular formula is C67H40N2O2S9. The van der Waals surface area contributed by atoms with Gasteiger partial charge in [-0.25, -0.2) is 0 Å². The highest BCUT2D eigenvalue weighted by atomic mass is 32.1. The Kier molecular flexibility index (Phi) is 9.26. The Morgan fingerprint density at radius 2 is 0.863 bits per heavy atom. The zero-order valence-corrected chi connectivity index (χ0v) is 51.0. The van der Waals surface area contributed by atoms with Crippen molar-refractivity contribution in [1.29, 1.82) is 0 Å². The van der Waals surface area contributed by atoms with E-state index in [1.54, 1.807) is 0 Å². The molecule has 0 unspecified atom stereocenters. The van der Waals surface area contributed by atoms with Crippen LogP contribution in [0.25, 0.3) is 164 Å². The molecule has 0 fully saturated rings. The molecule has 0 amide bonds. The number of rotatable bonds is 2. The van der Waals surface area contributed by atoms with E-state index in [-0.39, 0.29) is 0 Å². The second-order valence-electron chi connectivity index (χ2n) is 21.9. The molecule has 384 valence electrons. The average molecular weight is 1190 g/mol. The zero-order valence-electron chi connectivity index (χ0n) is 43.6. The number of hydrogen-bond donors (Lipinski definition) is 0. The largest absolute Gasteiger partial charge is 0.454 e. The first kappa shape index (κ1) is 46.0. The highest BCUT2D eigenvalue weighted by Gasteiger charge is 2.31. The van der Waals surface area contributed by atoms with Crippen LogP contribution in [0.15, 0.2) is 130 Å². The van der Waals surface area contributed by atoms with Gasteiger partial charge in [-0.2, -0.15) is 0 Å². The van der Waals surface area contributed by atoms with Gasteiger partial charge in [-0.15, -0.1) is 102 Å². The van der Waals surface area contributed by atoms with Gasteiger partial charge in [0.2, 0.25) is 0 Å². The number of thiophene rings is 9. The molecule has 4 nitrogen and oxygen atoms in total. The normalized spacial score (nSPS) is 13.1. The van der Waals surface area contributed by atoms with Gasteiger partial charge in [0.1, 0.15) is 16.7 Å². The summed E-state index contributed by atoms with van der Waals surface area (Å²) < 4.78 is 37.5. The van der Waals surface area contributed by atoms with Crippen molar-refractivity contribution < 1.29 is 8.83 Å². The molecule has 0 bridgehead atoms. The summed E-state index contributed by atoms with van der Waals surface area (Å²) in [6.45, 7) is 13.1. The number of benzene rings is 6. The fraction of sp³-hybridized carbons (Fsp3) is 0.104. The summed E-state index contributed by atoms with van der Waals surface area (Å²) in [6, 6.07) is 45.6. The van der Waals surface area contributed by atoms with Crippen LogP contribution in [0.4, 0.5) is 0 Å². The topological polar surface area (TPSA) is 36.1 Å². The second kappa shape index (κ2) is 16.1. The molecule has 20 rings (SSSR count). The van der Waals surface area contributed by atoms with Crippen LogP contribution in [0, 0.1) is 41.5 Å². The molecule has 0 aliphatic heterocycles. The summed E-state index contributed by atoms with van der Waals surface area (Å²) in [4.78, 5) is 5.68. The number of furan rings is 2. The lowest BCUT2D eigenvalue weighted by atomic mass is 10.1. The van der Waals surface area contributed by atoms with E-state index in [0.717, 1.165) is 28.8 Å². The molecule has 0 atom stereocenters. The number of aromatic nitrogens is 2. The molecular weight excluding hydrogens is 1150 g/mol. The van der Waals surface area contributed by atoms with Gasteiger partial charge in [0.15, 0.2) is 11.2 Å². The van der Waals surface area contributed by atoms with Crippen molar-refractivity contribution in [3.05, 3.63) is 164 Å². The third-order valence-corrected chi connectivity index (χ3v) is 27.8. The Hall–Kier alpha value is -6.62. The minimum Gasteiger partial charge on any atom is -0.454 e. The van der Waals surface area contributed by atoms with Gasteiger partial charge in [-0.1, -0.05) is 59.7 Å². The lowest BCUT2D eigenvalue weighted by Gasteiger charge is -2.08. The summed E-state index contributed by atoms with van der Waals surface area (Å²) in [7, 11) is 0. The molecule has 0 saturated heterocycles. The first-order valence-electron chi connectivity index (χ1n) is 26.6. The van der Waals surface area contributed by atoms with Crippen molar-refractivity contribution in [2.45, 2.75) is 48.0 Å². The van der Waals surface area contributed by atoms with Crippen molar-refractivity contribution in [3.63, 3.8) is 0 Å². The Labute approximate surface area is 491 Å². The molecule has 0 saturated carbocycles. The molecule has 0 radical (unpaired) electrons. The van der Waals surface area contributed by atoms with E-state index in [0.29, 0.717) is 0 Å². The maximum absolute atomic E-state index is 6.83. The van der Waals surface area contributed by atoms with Crippen molar-refractivity contribution in [2.75, 3.05) is 0 Å². The van der Waals surface area contributed by atoms with Crippen LogP contribution in [0.3, 0.4) is 0 Å². The molecule has 1 aliphatic carbocycles. The smallest absolute Gasteiger partial charge is 0.170 e. The molecule has 1 aliphatic rings. The highest BCUT2D eigenvalue weighted by molar-refractivity contribution is 7.41. The molecule has 0 spiro atoms. The molecule has 13 aromatic heterocycles. The quantitative estimate of drug-likeness (QED) is 0.173. The van der Waals surface area contributed by atoms with Crippen LogP contribution in [0.1, 0.15) is 43.1 Å². The standard InChI is InChI=1S/C36H23NOS3.C31H17NOS6/c1-17-4-8-20(9-5-17)37-27-12-18(2)7-11-22(27)33-31(37)32-34(41-33)26-16-30-23(15-28(26)38-32)25-14-24-21-10-6-19(3)13-29(21)39-35(24)36(25)40-30;1-12-4-6-15(7-5-12)32-22-17-10-18-16(25-24(33-18)30-31(39-25)27-21(38-30)9-14(3)35-27)11-19(17)36-28(22)29-23(32)26-20(37-29)8-13(2)34-26/h4-13,15-16H,14H2,1-3H3;4-11H,1-3H3. The average Bonchev–Trinajstić information content (AvgIpc) is 4.45. The summed E-state index contributed by atoms with van der Waals surface area (Å²) >= 11 is 17.3. The predicted molar refractivity (Wildman–Crippen MR) is 359 cm³/mol. The zero-order chi connectivity index (χ0) is 52.9. The Balaban J connectivity index is 0.000000120. The first-order chi connectivity index (χ1) is 39.0. The van der Waals surface area contributed by atoms with Crippen LogP contribution < -0.4 is 0 Å². The molecule has 19 aromatic rings. The Morgan fingerprint density at radius 1 is 0.325 bits per heavy atom. The van der Waals surface area contributed by atoms with Crippen LogP contribution in [-0.4, -0.2) is 9.13 Å². The van der Waals surface area contributed by atoms with E-state index in [1.807, 2.05) is 102 Å². The van der Waals surface area contributed by atoms with Crippen LogP contribution >= 0.6 is 102 Å². The molecule has 13 heterocycles. The fourth-order valence-corrected chi connectivity index (χ4v) is 24.8. The third kappa shape index (κ3) is 6.17. The lowest BCUT2D eigenvalue weighted by Crippen LogP contribution is -1.93. The molecule has 13 heteroatoms. The highest BCUT2D eigenvalue weighted by Crippen LogP contribution is 2.57. The van der Waals surface area contributed by atoms with Crippen LogP contribution in [0.5, 0.6) is 0 Å². The van der Waals surface area contributed by atoms with Crippen molar-refractivity contribution >= 4 is 245 Å². The minimum absolute atomic E-state index is 0.994. The van der Waals surface area contributed by atoms with E-state index >= 15 is 0 Å². The van der Waals surface area contributed by atoms with Gasteiger partial charge in [0.05, 0.1) is 58.8 Å². The van der Waals surface area contributed by atoms with E-state index in [9.17, 15) is 0 Å². The molecule has 80 heavy (non-hydrogen) atoms. The third-order valence-electron chi connectivity index (χ3n) is 16.5. The van der Waals surface area contributed by atoms with Crippen molar-refractivity contribution in [1.82, 2.24) is 9.13 Å². The van der Waals surface area contributed by atoms with Gasteiger partial charge in [0.25, 0.3) is 0 Å². The lowest BCUT2D eigenvalue weighted by molar-refractivity contribution is 0.672. The van der Waals surface area contributed by atoms with Gasteiger partial charge < -0.3 is 18.0 Å². The number of hydrogen-bond acceptors (Lipinski definition) is 11. The minimum atomic E-state index is 0.994. The van der Waals surface area contributed by atoms with E-state index in [4.69, 9.17) is 8.83 Å². The summed E-state index contributed by atoms with van der Waals surface area (Å²) in [5, 5.41) is 7.84. The van der Waals surface area contributed by atoms with Crippen LogP contribution in [0.2, 0.25) is 0 Å². The maximum atomic E-state index is 6.83. The van der Waals surface area contributed by atoms with Gasteiger partial charge in [0, 0.05) is 87.7 Å². The SMILES string of the molecule is Cc1ccc(-n2c3c4cc5oc6c(sc7c8sc(C)cc8sc67)c5cc4sc3c3sc4cc(C)sc4c32)cc1.Cc1ccc(-n2c3cc(C)ccc3c3sc4c5cc6sc7c(c6cc5oc4c32)Cc2c-7sc3cc(C)ccc23)cc1. The summed E-state index contributed by atoms with van der Waals surface area (Å²) in [5.41, 5.74) is 19.7. The molecule has 6 aromatic carbocycles. The van der Waals surface area contributed by atoms with E-state index in [2.05, 4.69) is 172 Å². The predicted octanol–water partition coefficient (Wildman–Crippen LogP) is 24.3. The van der Waals surface area contributed by atoms with Crippen LogP contribution in [-0.2, 0) is 6.42 Å². The Morgan fingerprint density at radius 3 is 1.60 bits per heavy atom. The van der Waals surface area contributed by atoms with Gasteiger partial charge in [-0.05, 0) is 142 Å². The van der Waals surface area contributed by atoms with E-state index < -0.39 is 0 Å². The van der Waals surface area contributed by atoms with Gasteiger partial charge in [-0.3, -0.25) is 0 Å². The molecule has 0 N–H and O–H groups in total. The fourth-order valence-electron chi connectivity index (χ4n) is 12.9. The van der Waals surface area contributed by atoms with Crippen molar-refractivity contribution in [3.8, 4) is 21.1 Å². The first-order valence-corrected chi connectivity index (χ1v) is 34.0. The maximum Gasteiger partial charge on any atom is 0.170 e. The number of nitrogens with zero attached hydrogens (tertiary/aromatic N) is 2. The summed E-state index contributed by atoms with van der Waals surface area (Å²) in [6.07, 6.45) is 1.01. The number of aryl methyl sites for hydroxylation is 6. The second-order valence-corrected chi connectivity index (χ2v) is 31.7. The van der Waals surface area contributed by atoms with E-state index in [1.165, 1.54) is 184 Å².